The molecule has 2 nitrogen and oxygen atoms in total. The minimum Gasteiger partial charge on any atom is -0.384 e. The zero-order chi connectivity index (χ0) is 10.4. The average Bonchev–Trinajstić information content (AvgIpc) is 2.63. The second kappa shape index (κ2) is 6.41. The molecule has 3 atom stereocenters. The van der Waals surface area contributed by atoms with Crippen LogP contribution in [0.2, 0.25) is 0 Å². The van der Waals surface area contributed by atoms with E-state index in [9.17, 15) is 0 Å². The Bertz CT molecular complexity index is 149. The molecule has 0 radical (unpaired) electrons. The number of methoxy groups -OCH3 is 1. The molecular formula is C12H25NO. The summed E-state index contributed by atoms with van der Waals surface area (Å²) in [5.74, 6) is 2.50. The van der Waals surface area contributed by atoms with Crippen LogP contribution in [0.5, 0.6) is 0 Å². The van der Waals surface area contributed by atoms with E-state index in [2.05, 4.69) is 19.2 Å². The van der Waals surface area contributed by atoms with E-state index in [0.29, 0.717) is 0 Å². The first kappa shape index (κ1) is 12.0. The maximum absolute atomic E-state index is 5.25. The molecule has 0 amide bonds. The number of nitrogens with one attached hydrogen (secondary N) is 1. The molecule has 0 spiro atoms. The minimum atomic E-state index is 0.728. The van der Waals surface area contributed by atoms with Crippen molar-refractivity contribution < 1.29 is 4.74 Å². The van der Waals surface area contributed by atoms with Crippen LogP contribution in [0.4, 0.5) is 0 Å². The van der Waals surface area contributed by atoms with Crippen LogP contribution in [-0.4, -0.2) is 26.8 Å². The van der Waals surface area contributed by atoms with E-state index in [-0.39, 0.29) is 0 Å². The van der Waals surface area contributed by atoms with E-state index in [4.69, 9.17) is 4.74 Å². The highest BCUT2D eigenvalue weighted by molar-refractivity contribution is 4.82. The van der Waals surface area contributed by atoms with Gasteiger partial charge in [-0.15, -0.1) is 0 Å². The van der Waals surface area contributed by atoms with Crippen molar-refractivity contribution in [3.05, 3.63) is 0 Å². The lowest BCUT2D eigenvalue weighted by Crippen LogP contribution is -2.29. The molecule has 2 heteroatoms. The van der Waals surface area contributed by atoms with Crippen LogP contribution in [0.15, 0.2) is 0 Å². The van der Waals surface area contributed by atoms with Gasteiger partial charge in [0.25, 0.3) is 0 Å². The molecule has 0 aliphatic heterocycles. The van der Waals surface area contributed by atoms with Crippen LogP contribution in [0.3, 0.4) is 0 Å². The van der Waals surface area contributed by atoms with Crippen molar-refractivity contribution in [2.75, 3.05) is 26.8 Å². The molecule has 1 saturated carbocycles. The average molecular weight is 199 g/mol. The van der Waals surface area contributed by atoms with Crippen molar-refractivity contribution in [1.82, 2.24) is 5.32 Å². The summed E-state index contributed by atoms with van der Waals surface area (Å²) in [5, 5.41) is 3.48. The molecule has 0 bridgehead atoms. The van der Waals surface area contributed by atoms with Gasteiger partial charge in [0.2, 0.25) is 0 Å². The van der Waals surface area contributed by atoms with Crippen molar-refractivity contribution in [3.63, 3.8) is 0 Å². The fourth-order valence-corrected chi connectivity index (χ4v) is 2.78. The van der Waals surface area contributed by atoms with Gasteiger partial charge in [0, 0.05) is 13.7 Å². The minimum absolute atomic E-state index is 0.728. The van der Waals surface area contributed by atoms with Crippen LogP contribution in [0.1, 0.15) is 33.1 Å². The van der Waals surface area contributed by atoms with Crippen LogP contribution < -0.4 is 5.32 Å². The van der Waals surface area contributed by atoms with Gasteiger partial charge in [0.15, 0.2) is 0 Å². The van der Waals surface area contributed by atoms with E-state index in [1.165, 1.54) is 25.8 Å². The molecule has 1 aliphatic rings. The predicted octanol–water partition coefficient (Wildman–Crippen LogP) is 2.29. The molecule has 1 N–H and O–H groups in total. The highest BCUT2D eigenvalue weighted by Crippen LogP contribution is 2.36. The van der Waals surface area contributed by atoms with Gasteiger partial charge in [-0.25, -0.2) is 0 Å². The zero-order valence-electron chi connectivity index (χ0n) is 9.88. The molecule has 84 valence electrons. The molecular weight excluding hydrogens is 174 g/mol. The van der Waals surface area contributed by atoms with E-state index < -0.39 is 0 Å². The van der Waals surface area contributed by atoms with Gasteiger partial charge in [-0.05, 0) is 43.7 Å². The lowest BCUT2D eigenvalue weighted by molar-refractivity contribution is 0.115. The van der Waals surface area contributed by atoms with E-state index in [0.717, 1.165) is 30.9 Å². The fourth-order valence-electron chi connectivity index (χ4n) is 2.78. The SMILES string of the molecule is CCNCC1CCCC1C(C)COC. The third-order valence-electron chi connectivity index (χ3n) is 3.53. The first-order valence-corrected chi connectivity index (χ1v) is 5.99. The van der Waals surface area contributed by atoms with Gasteiger partial charge < -0.3 is 10.1 Å². The highest BCUT2D eigenvalue weighted by atomic mass is 16.5. The zero-order valence-corrected chi connectivity index (χ0v) is 9.88. The largest absolute Gasteiger partial charge is 0.384 e. The summed E-state index contributed by atoms with van der Waals surface area (Å²) in [6.07, 6.45) is 4.22. The van der Waals surface area contributed by atoms with E-state index in [1.807, 2.05) is 7.11 Å². The van der Waals surface area contributed by atoms with Crippen molar-refractivity contribution in [2.24, 2.45) is 17.8 Å². The third-order valence-corrected chi connectivity index (χ3v) is 3.53. The van der Waals surface area contributed by atoms with Gasteiger partial charge in [-0.1, -0.05) is 20.3 Å². The Hall–Kier alpha value is -0.0800. The van der Waals surface area contributed by atoms with Crippen LogP contribution >= 0.6 is 0 Å². The second-order valence-electron chi connectivity index (χ2n) is 4.60. The Morgan fingerprint density at radius 3 is 2.86 bits per heavy atom. The molecule has 3 unspecified atom stereocenters. The fraction of sp³-hybridized carbons (Fsp3) is 1.00. The topological polar surface area (TPSA) is 21.3 Å². The number of hydrogen-bond acceptors (Lipinski definition) is 2. The maximum Gasteiger partial charge on any atom is 0.0490 e. The molecule has 1 fully saturated rings. The number of ether oxygens (including phenoxy) is 1. The monoisotopic (exact) mass is 199 g/mol. The van der Waals surface area contributed by atoms with Crippen LogP contribution in [0.25, 0.3) is 0 Å². The maximum atomic E-state index is 5.25. The summed E-state index contributed by atoms with van der Waals surface area (Å²) in [7, 11) is 1.81. The van der Waals surface area contributed by atoms with Crippen LogP contribution in [-0.2, 0) is 4.74 Å². The first-order chi connectivity index (χ1) is 6.79. The van der Waals surface area contributed by atoms with Crippen molar-refractivity contribution in [3.8, 4) is 0 Å². The van der Waals surface area contributed by atoms with E-state index in [1.54, 1.807) is 0 Å². The molecule has 0 heterocycles. The summed E-state index contributed by atoms with van der Waals surface area (Å²) in [4.78, 5) is 0. The molecule has 0 aromatic rings. The summed E-state index contributed by atoms with van der Waals surface area (Å²) in [6, 6.07) is 0. The Balaban J connectivity index is 2.33. The molecule has 0 saturated heterocycles. The summed E-state index contributed by atoms with van der Waals surface area (Å²) in [5.41, 5.74) is 0. The highest BCUT2D eigenvalue weighted by Gasteiger charge is 2.30. The smallest absolute Gasteiger partial charge is 0.0490 e. The molecule has 1 aliphatic carbocycles. The summed E-state index contributed by atoms with van der Waals surface area (Å²) < 4.78 is 5.25. The van der Waals surface area contributed by atoms with Crippen LogP contribution in [0, 0.1) is 17.8 Å². The number of rotatable bonds is 6. The van der Waals surface area contributed by atoms with Gasteiger partial charge in [-0.3, -0.25) is 0 Å². The third kappa shape index (κ3) is 3.25. The van der Waals surface area contributed by atoms with Gasteiger partial charge in [0.1, 0.15) is 0 Å². The quantitative estimate of drug-likeness (QED) is 0.708. The molecule has 14 heavy (non-hydrogen) atoms. The standard InChI is InChI=1S/C12H25NO/c1-4-13-8-11-6-5-7-12(11)10(2)9-14-3/h10-13H,4-9H2,1-3H3. The lowest BCUT2D eigenvalue weighted by Gasteiger charge is -2.25. The first-order valence-electron chi connectivity index (χ1n) is 5.99. The predicted molar refractivity (Wildman–Crippen MR) is 60.4 cm³/mol. The Kier molecular flexibility index (Phi) is 5.49. The number of hydrogen-bond donors (Lipinski definition) is 1. The van der Waals surface area contributed by atoms with Gasteiger partial charge in [-0.2, -0.15) is 0 Å². The van der Waals surface area contributed by atoms with Gasteiger partial charge in [0.05, 0.1) is 0 Å². The molecule has 1 rings (SSSR count). The molecule has 0 aromatic heterocycles. The summed E-state index contributed by atoms with van der Waals surface area (Å²) in [6.45, 7) is 7.74. The Morgan fingerprint density at radius 1 is 1.43 bits per heavy atom. The second-order valence-corrected chi connectivity index (χ2v) is 4.60. The molecule has 0 aromatic carbocycles. The van der Waals surface area contributed by atoms with Crippen molar-refractivity contribution in [1.29, 1.82) is 0 Å². The normalized spacial score (nSPS) is 29.4. The Labute approximate surface area is 88.4 Å². The van der Waals surface area contributed by atoms with Crippen molar-refractivity contribution >= 4 is 0 Å². The summed E-state index contributed by atoms with van der Waals surface area (Å²) >= 11 is 0. The van der Waals surface area contributed by atoms with Crippen molar-refractivity contribution in [2.45, 2.75) is 33.1 Å². The Morgan fingerprint density at radius 2 is 2.21 bits per heavy atom. The lowest BCUT2D eigenvalue weighted by atomic mass is 9.85. The van der Waals surface area contributed by atoms with E-state index >= 15 is 0 Å². The van der Waals surface area contributed by atoms with Gasteiger partial charge >= 0.3 is 0 Å².